The van der Waals surface area contributed by atoms with Crippen molar-refractivity contribution >= 4 is 17.5 Å². The predicted molar refractivity (Wildman–Crippen MR) is 75.4 cm³/mol. The Kier molecular flexibility index (Phi) is 6.80. The van der Waals surface area contributed by atoms with E-state index < -0.39 is 0 Å². The lowest BCUT2D eigenvalue weighted by molar-refractivity contribution is 0.326. The van der Waals surface area contributed by atoms with E-state index in [1.54, 1.807) is 12.3 Å². The maximum atomic E-state index is 6.35. The van der Waals surface area contributed by atoms with E-state index in [4.69, 9.17) is 16.3 Å². The first-order chi connectivity index (χ1) is 8.71. The second-order valence-corrected chi connectivity index (χ2v) is 4.69. The summed E-state index contributed by atoms with van der Waals surface area (Å²) < 4.78 is 5.32. The molecule has 1 heterocycles. The normalized spacial score (nSPS) is 12.5. The van der Waals surface area contributed by atoms with Crippen LogP contribution in [0.5, 0.6) is 5.88 Å². The van der Waals surface area contributed by atoms with Crippen molar-refractivity contribution in [2.24, 2.45) is 5.92 Å². The Balaban J connectivity index is 2.49. The minimum Gasteiger partial charge on any atom is -0.478 e. The van der Waals surface area contributed by atoms with Gasteiger partial charge in [0.1, 0.15) is 0 Å². The van der Waals surface area contributed by atoms with Crippen LogP contribution >= 0.6 is 11.6 Å². The molecule has 1 aromatic rings. The monoisotopic (exact) mass is 271 g/mol. The van der Waals surface area contributed by atoms with Crippen LogP contribution in [0.2, 0.25) is 0 Å². The van der Waals surface area contributed by atoms with Gasteiger partial charge in [0.15, 0.2) is 0 Å². The fourth-order valence-electron chi connectivity index (χ4n) is 1.81. The summed E-state index contributed by atoms with van der Waals surface area (Å²) in [5, 5.41) is 3.25. The van der Waals surface area contributed by atoms with Crippen LogP contribution in [-0.4, -0.2) is 28.5 Å². The third-order valence-electron chi connectivity index (χ3n) is 2.94. The number of anilines is 1. The molecule has 0 aliphatic heterocycles. The molecule has 1 unspecified atom stereocenters. The highest BCUT2D eigenvalue weighted by Gasteiger charge is 2.15. The van der Waals surface area contributed by atoms with Gasteiger partial charge in [0.25, 0.3) is 0 Å². The van der Waals surface area contributed by atoms with E-state index in [0.717, 1.165) is 12.8 Å². The number of halogens is 1. The summed E-state index contributed by atoms with van der Waals surface area (Å²) in [6.45, 7) is 7.52. The predicted octanol–water partition coefficient (Wildman–Crippen LogP) is 3.33. The lowest BCUT2D eigenvalue weighted by atomic mass is 9.99. The van der Waals surface area contributed by atoms with Gasteiger partial charge in [0.05, 0.1) is 12.0 Å². The van der Waals surface area contributed by atoms with Gasteiger partial charge >= 0.3 is 0 Å². The lowest BCUT2D eigenvalue weighted by Crippen LogP contribution is -2.23. The van der Waals surface area contributed by atoms with Gasteiger partial charge in [-0.25, -0.2) is 4.98 Å². The van der Waals surface area contributed by atoms with Gasteiger partial charge in [-0.3, -0.25) is 0 Å². The first-order valence-electron chi connectivity index (χ1n) is 6.54. The standard InChI is InChI=1S/C13H22ClN3O/c1-4-10(5-2)11(14)9-16-13-15-8-7-12(17-13)18-6-3/h7-8,10-11H,4-6,9H2,1-3H3,(H,15,16,17). The first kappa shape index (κ1) is 15.0. The minimum absolute atomic E-state index is 0.0966. The number of nitrogens with one attached hydrogen (secondary N) is 1. The Labute approximate surface area is 114 Å². The second kappa shape index (κ2) is 8.14. The number of rotatable bonds is 8. The van der Waals surface area contributed by atoms with Crippen molar-refractivity contribution in [1.29, 1.82) is 0 Å². The molecule has 0 fully saturated rings. The van der Waals surface area contributed by atoms with Gasteiger partial charge in [0.2, 0.25) is 11.8 Å². The smallest absolute Gasteiger partial charge is 0.225 e. The summed E-state index contributed by atoms with van der Waals surface area (Å²) in [6, 6.07) is 1.74. The van der Waals surface area contributed by atoms with Gasteiger partial charge in [-0.1, -0.05) is 26.7 Å². The molecule has 0 aromatic carbocycles. The van der Waals surface area contributed by atoms with Crippen LogP contribution in [0.15, 0.2) is 12.3 Å². The molecule has 0 amide bonds. The average Bonchev–Trinajstić information content (AvgIpc) is 2.39. The highest BCUT2D eigenvalue weighted by Crippen LogP contribution is 2.19. The van der Waals surface area contributed by atoms with Gasteiger partial charge in [-0.2, -0.15) is 4.98 Å². The van der Waals surface area contributed by atoms with Crippen LogP contribution in [0.4, 0.5) is 5.95 Å². The molecule has 0 spiro atoms. The van der Waals surface area contributed by atoms with E-state index in [0.29, 0.717) is 30.9 Å². The van der Waals surface area contributed by atoms with E-state index >= 15 is 0 Å². The highest BCUT2D eigenvalue weighted by atomic mass is 35.5. The summed E-state index contributed by atoms with van der Waals surface area (Å²) in [7, 11) is 0. The summed E-state index contributed by atoms with van der Waals surface area (Å²) in [4.78, 5) is 8.39. The van der Waals surface area contributed by atoms with Crippen molar-refractivity contribution < 1.29 is 4.74 Å². The molecule has 0 saturated heterocycles. The molecule has 1 atom stereocenters. The zero-order valence-electron chi connectivity index (χ0n) is 11.3. The topological polar surface area (TPSA) is 47.0 Å². The quantitative estimate of drug-likeness (QED) is 0.737. The van der Waals surface area contributed by atoms with Crippen molar-refractivity contribution in [2.45, 2.75) is 39.0 Å². The van der Waals surface area contributed by atoms with Crippen LogP contribution in [0.3, 0.4) is 0 Å². The average molecular weight is 272 g/mol. The van der Waals surface area contributed by atoms with Gasteiger partial charge < -0.3 is 10.1 Å². The third kappa shape index (κ3) is 4.69. The molecule has 1 N–H and O–H groups in total. The molecule has 0 aliphatic rings. The summed E-state index contributed by atoms with van der Waals surface area (Å²) >= 11 is 6.35. The zero-order chi connectivity index (χ0) is 13.4. The highest BCUT2D eigenvalue weighted by molar-refractivity contribution is 6.21. The molecule has 1 aromatic heterocycles. The molecule has 0 bridgehead atoms. The Morgan fingerprint density at radius 1 is 1.33 bits per heavy atom. The Bertz CT molecular complexity index is 345. The van der Waals surface area contributed by atoms with E-state index in [2.05, 4.69) is 29.1 Å². The first-order valence-corrected chi connectivity index (χ1v) is 6.98. The van der Waals surface area contributed by atoms with Crippen LogP contribution in [0.25, 0.3) is 0 Å². The molecule has 1 rings (SSSR count). The molecule has 4 nitrogen and oxygen atoms in total. The SMILES string of the molecule is CCOc1ccnc(NCC(Cl)C(CC)CC)n1. The van der Waals surface area contributed by atoms with Gasteiger partial charge in [-0.05, 0) is 12.8 Å². The van der Waals surface area contributed by atoms with Crippen molar-refractivity contribution in [2.75, 3.05) is 18.5 Å². The number of nitrogens with zero attached hydrogens (tertiary/aromatic N) is 2. The minimum atomic E-state index is 0.0966. The lowest BCUT2D eigenvalue weighted by Gasteiger charge is -2.19. The van der Waals surface area contributed by atoms with Crippen LogP contribution < -0.4 is 10.1 Å². The molecular weight excluding hydrogens is 250 g/mol. The molecule has 0 radical (unpaired) electrons. The maximum absolute atomic E-state index is 6.35. The Morgan fingerprint density at radius 3 is 2.67 bits per heavy atom. The van der Waals surface area contributed by atoms with Crippen LogP contribution in [-0.2, 0) is 0 Å². The number of ether oxygens (including phenoxy) is 1. The summed E-state index contributed by atoms with van der Waals surface area (Å²) in [5.41, 5.74) is 0. The second-order valence-electron chi connectivity index (χ2n) is 4.12. The largest absolute Gasteiger partial charge is 0.478 e. The Morgan fingerprint density at radius 2 is 2.06 bits per heavy atom. The van der Waals surface area contributed by atoms with Crippen molar-refractivity contribution in [3.63, 3.8) is 0 Å². The van der Waals surface area contributed by atoms with Crippen LogP contribution in [0.1, 0.15) is 33.6 Å². The van der Waals surface area contributed by atoms with E-state index in [1.165, 1.54) is 0 Å². The van der Waals surface area contributed by atoms with Gasteiger partial charge in [0, 0.05) is 18.8 Å². The molecule has 0 saturated carbocycles. The fourth-order valence-corrected chi connectivity index (χ4v) is 2.24. The summed E-state index contributed by atoms with van der Waals surface area (Å²) in [6.07, 6.45) is 3.86. The van der Waals surface area contributed by atoms with E-state index in [-0.39, 0.29) is 5.38 Å². The molecule has 18 heavy (non-hydrogen) atoms. The van der Waals surface area contributed by atoms with E-state index in [1.807, 2.05) is 6.92 Å². The molecular formula is C13H22ClN3O. The third-order valence-corrected chi connectivity index (χ3v) is 3.45. The Hall–Kier alpha value is -1.03. The van der Waals surface area contributed by atoms with Crippen molar-refractivity contribution in [3.05, 3.63) is 12.3 Å². The van der Waals surface area contributed by atoms with Crippen molar-refractivity contribution in [1.82, 2.24) is 9.97 Å². The van der Waals surface area contributed by atoms with Crippen LogP contribution in [0, 0.1) is 5.92 Å². The summed E-state index contributed by atoms with van der Waals surface area (Å²) in [5.74, 6) is 1.68. The fraction of sp³-hybridized carbons (Fsp3) is 0.692. The zero-order valence-corrected chi connectivity index (χ0v) is 12.1. The number of hydrogen-bond acceptors (Lipinski definition) is 4. The van der Waals surface area contributed by atoms with Crippen molar-refractivity contribution in [3.8, 4) is 5.88 Å². The number of aromatic nitrogens is 2. The van der Waals surface area contributed by atoms with Gasteiger partial charge in [-0.15, -0.1) is 11.6 Å². The number of alkyl halides is 1. The van der Waals surface area contributed by atoms with E-state index in [9.17, 15) is 0 Å². The molecule has 5 heteroatoms. The number of hydrogen-bond donors (Lipinski definition) is 1. The molecule has 0 aliphatic carbocycles. The maximum Gasteiger partial charge on any atom is 0.225 e. The molecule has 102 valence electrons.